The van der Waals surface area contributed by atoms with Crippen LogP contribution >= 0.6 is 0 Å². The van der Waals surface area contributed by atoms with Gasteiger partial charge in [-0.25, -0.2) is 9.97 Å². The molecule has 0 radical (unpaired) electrons. The number of carbonyl (C=O) groups excluding carboxylic acids is 1. The molecule has 0 unspecified atom stereocenters. The quantitative estimate of drug-likeness (QED) is 0.549. The van der Waals surface area contributed by atoms with Gasteiger partial charge in [-0.1, -0.05) is 43.3 Å². The van der Waals surface area contributed by atoms with Gasteiger partial charge in [-0.15, -0.1) is 0 Å². The van der Waals surface area contributed by atoms with E-state index in [0.29, 0.717) is 12.4 Å². The van der Waals surface area contributed by atoms with Crippen molar-refractivity contribution in [3.63, 3.8) is 0 Å². The Balaban J connectivity index is 1.26. The van der Waals surface area contributed by atoms with E-state index in [1.54, 1.807) is 25.6 Å². The molecule has 35 heavy (non-hydrogen) atoms. The van der Waals surface area contributed by atoms with Crippen molar-refractivity contribution in [3.05, 3.63) is 83.7 Å². The first-order valence-corrected chi connectivity index (χ1v) is 12.3. The van der Waals surface area contributed by atoms with Crippen LogP contribution in [0.3, 0.4) is 0 Å². The number of hydrogen-bond donors (Lipinski definition) is 1. The van der Waals surface area contributed by atoms with E-state index >= 15 is 0 Å². The summed E-state index contributed by atoms with van der Waals surface area (Å²) in [5.41, 5.74) is 3.69. The van der Waals surface area contributed by atoms with E-state index in [0.717, 1.165) is 38.2 Å². The summed E-state index contributed by atoms with van der Waals surface area (Å²) in [7, 11) is 1.78. The lowest BCUT2D eigenvalue weighted by atomic mass is 9.72. The van der Waals surface area contributed by atoms with E-state index in [2.05, 4.69) is 56.6 Å². The fourth-order valence-corrected chi connectivity index (χ4v) is 5.68. The monoisotopic (exact) mass is 472 g/mol. The minimum Gasteiger partial charge on any atom is -0.424 e. The maximum atomic E-state index is 12.3. The zero-order chi connectivity index (χ0) is 24.3. The molecule has 2 aromatic carbocycles. The van der Waals surface area contributed by atoms with Crippen LogP contribution in [-0.2, 0) is 21.5 Å². The lowest BCUT2D eigenvalue weighted by Gasteiger charge is -2.44. The molecule has 182 valence electrons. The van der Waals surface area contributed by atoms with Gasteiger partial charge in [0.05, 0.1) is 12.1 Å². The number of nitrogens with one attached hydrogen (secondary N) is 1. The Morgan fingerprint density at radius 1 is 1.06 bits per heavy atom. The van der Waals surface area contributed by atoms with Crippen molar-refractivity contribution in [2.75, 3.05) is 20.2 Å². The third kappa shape index (κ3) is 4.66. The van der Waals surface area contributed by atoms with Crippen LogP contribution < -0.4 is 10.1 Å². The number of piperidine rings is 1. The molecule has 1 amide bonds. The molecule has 0 saturated carbocycles. The summed E-state index contributed by atoms with van der Waals surface area (Å²) in [6, 6.07) is 18.7. The molecule has 2 heterocycles. The van der Waals surface area contributed by atoms with Crippen molar-refractivity contribution in [2.24, 2.45) is 0 Å². The van der Waals surface area contributed by atoms with Gasteiger partial charge in [0.2, 0.25) is 5.91 Å². The van der Waals surface area contributed by atoms with Gasteiger partial charge in [-0.2, -0.15) is 0 Å². The van der Waals surface area contributed by atoms with Crippen molar-refractivity contribution in [1.29, 1.82) is 0 Å². The molecular weight excluding hydrogens is 440 g/mol. The van der Waals surface area contributed by atoms with Crippen molar-refractivity contribution < 1.29 is 14.3 Å². The first kappa shape index (κ1) is 23.5. The second-order valence-electron chi connectivity index (χ2n) is 9.35. The Bertz CT molecular complexity index is 1140. The third-order valence-corrected chi connectivity index (χ3v) is 7.40. The zero-order valence-corrected chi connectivity index (χ0v) is 20.3. The molecule has 1 saturated heterocycles. The smallest absolute Gasteiger partial charge is 0.321 e. The third-order valence-electron chi connectivity index (χ3n) is 7.40. The van der Waals surface area contributed by atoms with Crippen molar-refractivity contribution in [2.45, 2.75) is 50.3 Å². The molecule has 1 aliphatic carbocycles. The summed E-state index contributed by atoms with van der Waals surface area (Å²) in [6.45, 7) is 4.71. The Kier molecular flexibility index (Phi) is 6.79. The second-order valence-corrected chi connectivity index (χ2v) is 9.35. The summed E-state index contributed by atoms with van der Waals surface area (Å²) in [6.07, 6.45) is 5.72. The van der Waals surface area contributed by atoms with E-state index < -0.39 is 0 Å². The molecule has 1 N–H and O–H groups in total. The van der Waals surface area contributed by atoms with Crippen LogP contribution in [0.15, 0.2) is 67.0 Å². The van der Waals surface area contributed by atoms with E-state index in [9.17, 15) is 4.79 Å². The highest BCUT2D eigenvalue weighted by Gasteiger charge is 2.53. The fourth-order valence-electron chi connectivity index (χ4n) is 5.68. The van der Waals surface area contributed by atoms with Crippen molar-refractivity contribution in [1.82, 2.24) is 20.2 Å². The van der Waals surface area contributed by atoms with Gasteiger partial charge in [-0.3, -0.25) is 9.69 Å². The highest BCUT2D eigenvalue weighted by Crippen LogP contribution is 2.52. The van der Waals surface area contributed by atoms with Crippen LogP contribution in [0.2, 0.25) is 0 Å². The molecule has 7 nitrogen and oxygen atoms in total. The summed E-state index contributed by atoms with van der Waals surface area (Å²) in [4.78, 5) is 23.0. The number of likely N-dealkylation sites (tertiary alicyclic amines) is 1. The summed E-state index contributed by atoms with van der Waals surface area (Å²) in [5.74, 6) is 0.788. The number of carbonyl (C=O) groups is 1. The molecule has 1 aromatic heterocycles. The largest absolute Gasteiger partial charge is 0.424 e. The van der Waals surface area contributed by atoms with Gasteiger partial charge in [0.15, 0.2) is 0 Å². The molecular formula is C28H32N4O3. The number of benzene rings is 2. The second kappa shape index (κ2) is 10.1. The lowest BCUT2D eigenvalue weighted by Crippen LogP contribution is -2.50. The van der Waals surface area contributed by atoms with Gasteiger partial charge >= 0.3 is 6.01 Å². The van der Waals surface area contributed by atoms with E-state index in [1.807, 2.05) is 19.1 Å². The van der Waals surface area contributed by atoms with E-state index in [4.69, 9.17) is 9.47 Å². The summed E-state index contributed by atoms with van der Waals surface area (Å²) >= 11 is 0. The first-order valence-electron chi connectivity index (χ1n) is 12.3. The fraction of sp³-hybridized carbons (Fsp3) is 0.393. The minimum absolute atomic E-state index is 0.0609. The molecule has 1 spiro atoms. The van der Waals surface area contributed by atoms with Crippen molar-refractivity contribution in [3.8, 4) is 11.8 Å². The van der Waals surface area contributed by atoms with Crippen LogP contribution in [0.4, 0.5) is 0 Å². The molecule has 1 aliphatic heterocycles. The van der Waals surface area contributed by atoms with Gasteiger partial charge in [-0.05, 0) is 60.8 Å². The average Bonchev–Trinajstić information content (AvgIpc) is 3.15. The molecule has 2 atom stereocenters. The van der Waals surface area contributed by atoms with Crippen LogP contribution in [0.5, 0.6) is 11.8 Å². The van der Waals surface area contributed by atoms with Crippen LogP contribution in [0.25, 0.3) is 0 Å². The number of ether oxygens (including phenoxy) is 2. The van der Waals surface area contributed by atoms with Crippen molar-refractivity contribution >= 4 is 5.91 Å². The minimum atomic E-state index is -0.101. The standard InChI is InChI=1S/C28H32N4O3/c1-3-24(33)31-25-22-7-4-5-8-23(22)28(26(25)34-2)13-17-32(18-14-28)19-20-9-11-21(12-10-20)35-27-29-15-6-16-30-27/h4-12,15-16,25-26H,3,13-14,17-19H2,1-2H3,(H,31,33)/t25-,26+/m1/s1. The molecule has 2 aliphatic rings. The number of amides is 1. The summed E-state index contributed by atoms with van der Waals surface area (Å²) in [5, 5.41) is 3.23. The average molecular weight is 473 g/mol. The summed E-state index contributed by atoms with van der Waals surface area (Å²) < 4.78 is 11.8. The highest BCUT2D eigenvalue weighted by molar-refractivity contribution is 5.76. The van der Waals surface area contributed by atoms with Gasteiger partial charge in [0.25, 0.3) is 0 Å². The lowest BCUT2D eigenvalue weighted by molar-refractivity contribution is -0.123. The number of hydrogen-bond acceptors (Lipinski definition) is 6. The van der Waals surface area contributed by atoms with E-state index in [-0.39, 0.29) is 23.5 Å². The Labute approximate surface area is 206 Å². The van der Waals surface area contributed by atoms with Gasteiger partial charge in [0, 0.05) is 37.9 Å². The molecule has 1 fully saturated rings. The first-order chi connectivity index (χ1) is 17.1. The topological polar surface area (TPSA) is 76.6 Å². The molecule has 7 heteroatoms. The molecule has 5 rings (SSSR count). The van der Waals surface area contributed by atoms with E-state index in [1.165, 1.54) is 16.7 Å². The molecule has 3 aromatic rings. The van der Waals surface area contributed by atoms with Crippen LogP contribution in [-0.4, -0.2) is 47.1 Å². The zero-order valence-electron chi connectivity index (χ0n) is 20.3. The van der Waals surface area contributed by atoms with Crippen LogP contribution in [0.1, 0.15) is 48.9 Å². The van der Waals surface area contributed by atoms with Gasteiger partial charge in [0.1, 0.15) is 5.75 Å². The number of methoxy groups -OCH3 is 1. The number of nitrogens with zero attached hydrogens (tertiary/aromatic N) is 3. The Hall–Kier alpha value is -3.29. The highest BCUT2D eigenvalue weighted by atomic mass is 16.5. The number of rotatable bonds is 7. The predicted molar refractivity (Wildman–Crippen MR) is 133 cm³/mol. The normalized spacial score (nSPS) is 21.0. The Morgan fingerprint density at radius 3 is 2.46 bits per heavy atom. The van der Waals surface area contributed by atoms with Gasteiger partial charge < -0.3 is 14.8 Å². The SMILES string of the molecule is CCC(=O)N[C@@H]1c2ccccc2C2(CCN(Cc3ccc(Oc4ncccn4)cc3)CC2)[C@H]1OC. The number of fused-ring (bicyclic) bond motifs is 2. The number of aromatic nitrogens is 2. The van der Waals surface area contributed by atoms with Crippen LogP contribution in [0, 0.1) is 0 Å². The predicted octanol–water partition coefficient (Wildman–Crippen LogP) is 4.40. The molecule has 0 bridgehead atoms. The Morgan fingerprint density at radius 2 is 1.77 bits per heavy atom. The maximum absolute atomic E-state index is 12.3. The maximum Gasteiger partial charge on any atom is 0.321 e.